The molecule has 0 saturated heterocycles. The molecule has 0 atom stereocenters. The Hall–Kier alpha value is -0.600. The minimum atomic E-state index is -2.49. The van der Waals surface area contributed by atoms with Crippen LogP contribution >= 0.6 is 0 Å². The Balaban J connectivity index is 3.89. The highest BCUT2D eigenvalue weighted by atomic mass is 16.5. The van der Waals surface area contributed by atoms with E-state index < -0.39 is 6.98 Å². The van der Waals surface area contributed by atoms with Crippen molar-refractivity contribution in [3.8, 4) is 0 Å². The van der Waals surface area contributed by atoms with E-state index >= 15 is 0 Å². The van der Waals surface area contributed by atoms with Crippen LogP contribution in [0.15, 0.2) is 5.11 Å². The molecule has 0 bridgehead atoms. The van der Waals surface area contributed by atoms with Crippen LogP contribution in [0.25, 0.3) is 0 Å². The molecule has 3 nitrogen and oxygen atoms in total. The molecule has 0 aromatic heterocycles. The molecular formula is C2H6N2O. The Morgan fingerprint density at radius 1 is 2.20 bits per heavy atom. The molecule has 3 heteroatoms. The number of nitrogens with zero attached hydrogens (tertiary/aromatic N) is 2. The second-order valence-electron chi connectivity index (χ2n) is 0.564. The Morgan fingerprint density at radius 3 is 2.80 bits per heavy atom. The third-order valence-electron chi connectivity index (χ3n) is 0.141. The zero-order valence-electron chi connectivity index (χ0n) is 5.80. The third kappa shape index (κ3) is 3.40. The van der Waals surface area contributed by atoms with Crippen molar-refractivity contribution in [1.29, 1.82) is 0 Å². The Labute approximate surface area is 34.7 Å². The lowest BCUT2D eigenvalue weighted by atomic mass is 11.4. The summed E-state index contributed by atoms with van der Waals surface area (Å²) in [5.41, 5.74) is 0. The van der Waals surface area contributed by atoms with E-state index in [1.54, 1.807) is 0 Å². The summed E-state index contributed by atoms with van der Waals surface area (Å²) in [6.07, 6.45) is 0. The minimum Gasteiger partial charge on any atom is -0.600 e. The third-order valence-corrected chi connectivity index (χ3v) is 0.141. The van der Waals surface area contributed by atoms with Crippen LogP contribution in [0, 0.1) is 5.21 Å². The molecule has 0 spiro atoms. The van der Waals surface area contributed by atoms with E-state index in [4.69, 9.17) is 4.11 Å². The largest absolute Gasteiger partial charge is 0.600 e. The topological polar surface area (TPSA) is 38.4 Å². The number of hydrogen-bond acceptors (Lipinski definition) is 2. The molecule has 0 amide bonds. The molecule has 0 N–H and O–H groups in total. The second-order valence-corrected chi connectivity index (χ2v) is 0.564. The molecule has 5 heavy (non-hydrogen) atoms. The van der Waals surface area contributed by atoms with Gasteiger partial charge >= 0.3 is 0 Å². The monoisotopic (exact) mass is 77.1 g/mol. The molecule has 0 fully saturated rings. The summed E-state index contributed by atoms with van der Waals surface area (Å²) in [6, 6.07) is 0. The Kier molecular flexibility index (Phi) is 0.421. The maximum absolute atomic E-state index is 9.85. The molecule has 0 aromatic rings. The van der Waals surface area contributed by atoms with Crippen molar-refractivity contribution in [3.63, 3.8) is 0 Å². The molecule has 0 aliphatic rings. The van der Waals surface area contributed by atoms with Crippen LogP contribution < -0.4 is 0 Å². The standard InChI is InChI=1S/C2H6N2O/c1-3-4(2)5/h1-2H3/i1D3. The fourth-order valence-electron chi connectivity index (χ4n) is 0. The summed E-state index contributed by atoms with van der Waals surface area (Å²) in [5, 5.41) is 12.5. The molecule has 0 heterocycles. The van der Waals surface area contributed by atoms with Crippen molar-refractivity contribution in [2.45, 2.75) is 0 Å². The van der Waals surface area contributed by atoms with Crippen LogP contribution in [-0.2, 0) is 0 Å². The molecule has 0 aromatic carbocycles. The maximum atomic E-state index is 9.85. The fourth-order valence-corrected chi connectivity index (χ4v) is 0. The molecular weight excluding hydrogens is 68.0 g/mol. The highest BCUT2D eigenvalue weighted by molar-refractivity contribution is 3.89. The van der Waals surface area contributed by atoms with Gasteiger partial charge in [0.15, 0.2) is 7.05 Å². The number of rotatable bonds is 0. The Morgan fingerprint density at radius 2 is 2.80 bits per heavy atom. The zero-order valence-corrected chi connectivity index (χ0v) is 2.80. The summed E-state index contributed by atoms with van der Waals surface area (Å²) < 4.78 is 19.2. The normalized spacial score (nSPS) is 23.4. The van der Waals surface area contributed by atoms with Crippen LogP contribution in [-0.4, -0.2) is 18.9 Å². The van der Waals surface area contributed by atoms with E-state index in [1.165, 1.54) is 0 Å². The molecule has 0 aliphatic carbocycles. The zero-order chi connectivity index (χ0) is 6.78. The number of azo groups is 1. The van der Waals surface area contributed by atoms with Gasteiger partial charge in [-0.15, -0.1) is 4.86 Å². The van der Waals surface area contributed by atoms with Crippen molar-refractivity contribution in [3.05, 3.63) is 5.21 Å². The number of hydrogen-bond donors (Lipinski definition) is 0. The highest BCUT2D eigenvalue weighted by Crippen LogP contribution is 1.54. The van der Waals surface area contributed by atoms with Crippen LogP contribution in [0.3, 0.4) is 0 Å². The fraction of sp³-hybridized carbons (Fsp3) is 1.00. The first kappa shape index (κ1) is 1.24. The first-order valence-electron chi connectivity index (χ1n) is 2.55. The van der Waals surface area contributed by atoms with Crippen LogP contribution in [0.2, 0.25) is 0 Å². The lowest BCUT2D eigenvalue weighted by Crippen LogP contribution is -1.84. The van der Waals surface area contributed by atoms with E-state index in [2.05, 4.69) is 5.11 Å². The first-order chi connectivity index (χ1) is 3.42. The number of hydroxylamine groups is 1. The summed E-state index contributed by atoms with van der Waals surface area (Å²) >= 11 is 0. The van der Waals surface area contributed by atoms with E-state index in [9.17, 15) is 5.21 Å². The van der Waals surface area contributed by atoms with Gasteiger partial charge < -0.3 is 5.21 Å². The van der Waals surface area contributed by atoms with Crippen LogP contribution in [0.1, 0.15) is 4.11 Å². The van der Waals surface area contributed by atoms with Gasteiger partial charge in [0.2, 0.25) is 0 Å². The van der Waals surface area contributed by atoms with E-state index in [1.807, 2.05) is 0 Å². The van der Waals surface area contributed by atoms with Gasteiger partial charge in [0.25, 0.3) is 0 Å². The van der Waals surface area contributed by atoms with Crippen molar-refractivity contribution in [2.75, 3.05) is 14.0 Å². The van der Waals surface area contributed by atoms with Gasteiger partial charge in [0, 0.05) is 0 Å². The average molecular weight is 77.1 g/mol. The summed E-state index contributed by atoms with van der Waals surface area (Å²) in [7, 11) is 1.02. The summed E-state index contributed by atoms with van der Waals surface area (Å²) in [4.78, 5) is 0.0208. The SMILES string of the molecule is [2H]C([2H])([2H])N=[N+](C)[O-]. The lowest BCUT2D eigenvalue weighted by molar-refractivity contribution is -0.497. The lowest BCUT2D eigenvalue weighted by Gasteiger charge is -1.82. The first-order valence-corrected chi connectivity index (χ1v) is 1.05. The maximum Gasteiger partial charge on any atom is 0.171 e. The van der Waals surface area contributed by atoms with Gasteiger partial charge in [-0.05, 0) is 5.11 Å². The molecule has 0 radical (unpaired) electrons. The molecule has 30 valence electrons. The minimum absolute atomic E-state index is 0.0208. The average Bonchev–Trinajstić information content (AvgIpc) is 1.21. The second kappa shape index (κ2) is 1.69. The van der Waals surface area contributed by atoms with E-state index in [0.717, 1.165) is 7.05 Å². The van der Waals surface area contributed by atoms with E-state index in [0.29, 0.717) is 0 Å². The molecule has 0 rings (SSSR count). The molecule has 0 unspecified atom stereocenters. The predicted molar refractivity (Wildman–Crippen MR) is 17.9 cm³/mol. The van der Waals surface area contributed by atoms with Gasteiger partial charge in [-0.3, -0.25) is 0 Å². The van der Waals surface area contributed by atoms with Crippen molar-refractivity contribution >= 4 is 0 Å². The van der Waals surface area contributed by atoms with Gasteiger partial charge in [0.05, 0.1) is 11.1 Å². The smallest absolute Gasteiger partial charge is 0.171 e. The van der Waals surface area contributed by atoms with Crippen molar-refractivity contribution < 1.29 is 8.97 Å². The molecule has 0 saturated carbocycles. The van der Waals surface area contributed by atoms with Crippen LogP contribution in [0.5, 0.6) is 0 Å². The van der Waals surface area contributed by atoms with E-state index in [-0.39, 0.29) is 4.86 Å². The Bertz CT molecular complexity index is 102. The van der Waals surface area contributed by atoms with Gasteiger partial charge in [-0.1, -0.05) is 0 Å². The summed E-state index contributed by atoms with van der Waals surface area (Å²) in [6.45, 7) is -2.49. The van der Waals surface area contributed by atoms with Gasteiger partial charge in [-0.2, -0.15) is 0 Å². The van der Waals surface area contributed by atoms with Crippen molar-refractivity contribution in [1.82, 2.24) is 0 Å². The highest BCUT2D eigenvalue weighted by Gasteiger charge is 1.59. The quantitative estimate of drug-likeness (QED) is 0.231. The van der Waals surface area contributed by atoms with Gasteiger partial charge in [-0.25, -0.2) is 0 Å². The van der Waals surface area contributed by atoms with Crippen molar-refractivity contribution in [2.24, 2.45) is 5.11 Å². The van der Waals surface area contributed by atoms with Gasteiger partial charge in [0.1, 0.15) is 0 Å². The predicted octanol–water partition coefficient (Wildman–Crippen LogP) is 0.209. The molecule has 0 aliphatic heterocycles. The van der Waals surface area contributed by atoms with Crippen LogP contribution in [0.4, 0.5) is 0 Å². The summed E-state index contributed by atoms with van der Waals surface area (Å²) in [5.74, 6) is 0.